The minimum atomic E-state index is 1.02. The summed E-state index contributed by atoms with van der Waals surface area (Å²) in [6.07, 6.45) is 1.18. The van der Waals surface area contributed by atoms with Gasteiger partial charge in [0.05, 0.1) is 0 Å². The molecule has 2 aromatic carbocycles. The highest BCUT2D eigenvalue weighted by molar-refractivity contribution is 9.09. The fourth-order valence-electron chi connectivity index (χ4n) is 2.18. The van der Waals surface area contributed by atoms with E-state index in [-0.39, 0.29) is 0 Å². The highest BCUT2D eigenvalue weighted by Crippen LogP contribution is 2.10. The molecule has 0 spiro atoms. The van der Waals surface area contributed by atoms with Crippen LogP contribution in [0.4, 0.5) is 0 Å². The third-order valence-corrected chi connectivity index (χ3v) is 3.67. The lowest BCUT2D eigenvalue weighted by Gasteiger charge is -2.22. The van der Waals surface area contributed by atoms with Gasteiger partial charge in [-0.15, -0.1) is 0 Å². The Labute approximate surface area is 124 Å². The minimum absolute atomic E-state index is 1.02. The summed E-state index contributed by atoms with van der Waals surface area (Å²) in [6, 6.07) is 21.4. The lowest BCUT2D eigenvalue weighted by Crippen LogP contribution is -2.24. The maximum atomic E-state index is 3.52. The maximum Gasteiger partial charge on any atom is 0.0237 e. The van der Waals surface area contributed by atoms with E-state index < -0.39 is 0 Å². The summed E-state index contributed by atoms with van der Waals surface area (Å²) in [5.41, 5.74) is 2.76. The van der Waals surface area contributed by atoms with Gasteiger partial charge in [0, 0.05) is 18.4 Å². The molecule has 0 amide bonds. The first-order chi connectivity index (χ1) is 9.38. The third kappa shape index (κ3) is 5.17. The molecule has 0 aliphatic heterocycles. The number of nitrogens with zero attached hydrogens (tertiary/aromatic N) is 1. The van der Waals surface area contributed by atoms with Gasteiger partial charge in [0.2, 0.25) is 0 Å². The normalized spacial score (nSPS) is 10.8. The van der Waals surface area contributed by atoms with Crippen LogP contribution in [0.3, 0.4) is 0 Å². The first-order valence-corrected chi connectivity index (χ1v) is 7.87. The van der Waals surface area contributed by atoms with Gasteiger partial charge in [-0.3, -0.25) is 4.90 Å². The van der Waals surface area contributed by atoms with Crippen LogP contribution in [0, 0.1) is 0 Å². The summed E-state index contributed by atoms with van der Waals surface area (Å²) in [6.45, 7) is 3.15. The molecule has 0 N–H and O–H groups in total. The largest absolute Gasteiger partial charge is 0.295 e. The molecule has 0 saturated carbocycles. The molecule has 0 bridgehead atoms. The van der Waals surface area contributed by atoms with Crippen molar-refractivity contribution in [2.75, 3.05) is 11.9 Å². The number of hydrogen-bond donors (Lipinski definition) is 0. The molecule has 0 aromatic heterocycles. The van der Waals surface area contributed by atoms with E-state index in [1.54, 1.807) is 0 Å². The Morgan fingerprint density at radius 3 is 1.63 bits per heavy atom. The van der Waals surface area contributed by atoms with Crippen LogP contribution in [0.1, 0.15) is 17.5 Å². The van der Waals surface area contributed by atoms with Crippen LogP contribution in [-0.2, 0) is 13.1 Å². The highest BCUT2D eigenvalue weighted by atomic mass is 79.9. The summed E-state index contributed by atoms with van der Waals surface area (Å²) in [7, 11) is 0. The average Bonchev–Trinajstić information content (AvgIpc) is 2.47. The van der Waals surface area contributed by atoms with Crippen molar-refractivity contribution in [1.29, 1.82) is 0 Å². The Bertz CT molecular complexity index is 414. The van der Waals surface area contributed by atoms with E-state index in [1.807, 2.05) is 0 Å². The molecule has 0 aliphatic carbocycles. The van der Waals surface area contributed by atoms with Crippen LogP contribution < -0.4 is 0 Å². The van der Waals surface area contributed by atoms with Crippen molar-refractivity contribution in [2.45, 2.75) is 19.5 Å². The summed E-state index contributed by atoms with van der Waals surface area (Å²) < 4.78 is 0. The van der Waals surface area contributed by atoms with E-state index in [4.69, 9.17) is 0 Å². The second-order valence-electron chi connectivity index (χ2n) is 4.72. The van der Waals surface area contributed by atoms with Crippen molar-refractivity contribution < 1.29 is 0 Å². The fourth-order valence-corrected chi connectivity index (χ4v) is 2.43. The fraction of sp³-hybridized carbons (Fsp3) is 0.294. The van der Waals surface area contributed by atoms with Crippen LogP contribution in [-0.4, -0.2) is 16.8 Å². The minimum Gasteiger partial charge on any atom is -0.295 e. The highest BCUT2D eigenvalue weighted by Gasteiger charge is 2.06. The average molecular weight is 318 g/mol. The molecule has 2 heteroatoms. The summed E-state index contributed by atoms with van der Waals surface area (Å²) in [5, 5.41) is 1.06. The zero-order chi connectivity index (χ0) is 13.3. The number of halogens is 1. The monoisotopic (exact) mass is 317 g/mol. The summed E-state index contributed by atoms with van der Waals surface area (Å²) in [5.74, 6) is 0. The van der Waals surface area contributed by atoms with Gasteiger partial charge in [-0.1, -0.05) is 76.6 Å². The smallest absolute Gasteiger partial charge is 0.0237 e. The predicted molar refractivity (Wildman–Crippen MR) is 85.4 cm³/mol. The Morgan fingerprint density at radius 1 is 0.737 bits per heavy atom. The lowest BCUT2D eigenvalue weighted by molar-refractivity contribution is 0.258. The molecule has 0 unspecified atom stereocenters. The van der Waals surface area contributed by atoms with E-state index in [0.717, 1.165) is 25.0 Å². The van der Waals surface area contributed by atoms with Gasteiger partial charge in [-0.2, -0.15) is 0 Å². The first kappa shape index (κ1) is 14.3. The molecule has 0 aliphatic rings. The van der Waals surface area contributed by atoms with Crippen LogP contribution in [0.5, 0.6) is 0 Å². The van der Waals surface area contributed by atoms with E-state index >= 15 is 0 Å². The van der Waals surface area contributed by atoms with Gasteiger partial charge < -0.3 is 0 Å². The standard InChI is InChI=1S/C17H20BrN/c18-12-7-13-19(14-16-8-3-1-4-9-16)15-17-10-5-2-6-11-17/h1-6,8-11H,7,12-15H2. The van der Waals surface area contributed by atoms with Crippen molar-refractivity contribution in [1.82, 2.24) is 4.90 Å². The molecule has 0 radical (unpaired) electrons. The maximum absolute atomic E-state index is 3.52. The van der Waals surface area contributed by atoms with Gasteiger partial charge in [0.1, 0.15) is 0 Å². The lowest BCUT2D eigenvalue weighted by atomic mass is 10.1. The molecule has 2 rings (SSSR count). The van der Waals surface area contributed by atoms with E-state index in [1.165, 1.54) is 17.5 Å². The quantitative estimate of drug-likeness (QED) is 0.681. The number of benzene rings is 2. The predicted octanol–water partition coefficient (Wildman–Crippen LogP) is 4.47. The van der Waals surface area contributed by atoms with Gasteiger partial charge in [0.25, 0.3) is 0 Å². The Balaban J connectivity index is 1.99. The second kappa shape index (κ2) is 8.13. The summed E-state index contributed by atoms with van der Waals surface area (Å²) >= 11 is 3.52. The number of rotatable bonds is 7. The van der Waals surface area contributed by atoms with Crippen molar-refractivity contribution in [2.24, 2.45) is 0 Å². The van der Waals surface area contributed by atoms with Crippen LogP contribution in [0.25, 0.3) is 0 Å². The number of hydrogen-bond acceptors (Lipinski definition) is 1. The van der Waals surface area contributed by atoms with Gasteiger partial charge >= 0.3 is 0 Å². The molecule has 1 nitrogen and oxygen atoms in total. The second-order valence-corrected chi connectivity index (χ2v) is 5.52. The van der Waals surface area contributed by atoms with Gasteiger partial charge in [-0.25, -0.2) is 0 Å². The molecular formula is C17H20BrN. The zero-order valence-electron chi connectivity index (χ0n) is 11.1. The molecule has 0 saturated heterocycles. The van der Waals surface area contributed by atoms with Gasteiger partial charge in [-0.05, 0) is 24.1 Å². The van der Waals surface area contributed by atoms with Crippen molar-refractivity contribution in [3.05, 3.63) is 71.8 Å². The molecule has 19 heavy (non-hydrogen) atoms. The summed E-state index contributed by atoms with van der Waals surface area (Å²) in [4.78, 5) is 2.51. The van der Waals surface area contributed by atoms with Crippen LogP contribution in [0.2, 0.25) is 0 Å². The molecule has 0 fully saturated rings. The zero-order valence-corrected chi connectivity index (χ0v) is 12.7. The molecular weight excluding hydrogens is 298 g/mol. The van der Waals surface area contributed by atoms with Gasteiger partial charge in [0.15, 0.2) is 0 Å². The Morgan fingerprint density at radius 2 is 1.21 bits per heavy atom. The number of alkyl halides is 1. The third-order valence-electron chi connectivity index (χ3n) is 3.11. The van der Waals surface area contributed by atoms with E-state index in [2.05, 4.69) is 81.5 Å². The molecule has 2 aromatic rings. The molecule has 0 atom stereocenters. The van der Waals surface area contributed by atoms with Crippen molar-refractivity contribution in [3.8, 4) is 0 Å². The topological polar surface area (TPSA) is 3.24 Å². The molecule has 100 valence electrons. The van der Waals surface area contributed by atoms with Crippen molar-refractivity contribution >= 4 is 15.9 Å². The van der Waals surface area contributed by atoms with Crippen LogP contribution >= 0.6 is 15.9 Å². The first-order valence-electron chi connectivity index (χ1n) is 6.74. The van der Waals surface area contributed by atoms with Crippen molar-refractivity contribution in [3.63, 3.8) is 0 Å². The Hall–Kier alpha value is -1.12. The molecule has 0 heterocycles. The van der Waals surface area contributed by atoms with E-state index in [9.17, 15) is 0 Å². The van der Waals surface area contributed by atoms with E-state index in [0.29, 0.717) is 0 Å². The van der Waals surface area contributed by atoms with Crippen LogP contribution in [0.15, 0.2) is 60.7 Å². The SMILES string of the molecule is BrCCCN(Cc1ccccc1)Cc1ccccc1. The Kier molecular flexibility index (Phi) is 6.12.